The van der Waals surface area contributed by atoms with E-state index in [1.807, 2.05) is 6.07 Å². The van der Waals surface area contributed by atoms with Gasteiger partial charge in [0.05, 0.1) is 6.04 Å². The van der Waals surface area contributed by atoms with E-state index < -0.39 is 35.4 Å². The van der Waals surface area contributed by atoms with Crippen LogP contribution in [-0.2, 0) is 0 Å². The third kappa shape index (κ3) is 2.08. The summed E-state index contributed by atoms with van der Waals surface area (Å²) in [5, 5.41) is 3.93. The summed E-state index contributed by atoms with van der Waals surface area (Å²) in [4.78, 5) is 16.0. The van der Waals surface area contributed by atoms with Gasteiger partial charge >= 0.3 is 6.18 Å². The predicted molar refractivity (Wildman–Crippen MR) is 75.1 cm³/mol. The van der Waals surface area contributed by atoms with Crippen molar-refractivity contribution in [2.75, 3.05) is 0 Å². The van der Waals surface area contributed by atoms with E-state index in [1.165, 1.54) is 4.68 Å². The molecule has 1 aliphatic carbocycles. The number of halogens is 4. The largest absolute Gasteiger partial charge is 0.401 e. The molecule has 4 rings (SSSR count). The van der Waals surface area contributed by atoms with E-state index in [-0.39, 0.29) is 25.1 Å². The normalized spacial score (nSPS) is 24.7. The molecule has 2 aliphatic rings. The molecule has 2 aromatic rings. The molecule has 1 saturated carbocycles. The maximum atomic E-state index is 14.2. The summed E-state index contributed by atoms with van der Waals surface area (Å²) in [5.41, 5.74) is -1.61. The number of fused-ring (bicyclic) bond motifs is 1. The van der Waals surface area contributed by atoms with Crippen LogP contribution in [-0.4, -0.2) is 26.7 Å². The zero-order valence-corrected chi connectivity index (χ0v) is 12.4. The van der Waals surface area contributed by atoms with Gasteiger partial charge in [-0.1, -0.05) is 30.3 Å². The first-order valence-electron chi connectivity index (χ1n) is 7.60. The van der Waals surface area contributed by atoms with E-state index in [4.69, 9.17) is 0 Å². The number of hydrogen-bond acceptors (Lipinski definition) is 3. The SMILES string of the molecule is O=C(c1nc2n(n1)C(c1ccccc1)CC2F)C1(C(F)(F)F)CC1. The van der Waals surface area contributed by atoms with Gasteiger partial charge in [0.1, 0.15) is 5.41 Å². The van der Waals surface area contributed by atoms with Crippen LogP contribution in [0.5, 0.6) is 0 Å². The molecule has 2 atom stereocenters. The van der Waals surface area contributed by atoms with E-state index in [2.05, 4.69) is 10.1 Å². The lowest BCUT2D eigenvalue weighted by Gasteiger charge is -2.16. The predicted octanol–water partition coefficient (Wildman–Crippen LogP) is 3.81. The lowest BCUT2D eigenvalue weighted by Crippen LogP contribution is -2.33. The van der Waals surface area contributed by atoms with Crippen LogP contribution in [0.25, 0.3) is 0 Å². The zero-order valence-electron chi connectivity index (χ0n) is 12.4. The smallest absolute Gasteiger partial charge is 0.290 e. The summed E-state index contributed by atoms with van der Waals surface area (Å²) in [6.07, 6.45) is -6.50. The summed E-state index contributed by atoms with van der Waals surface area (Å²) in [5.74, 6) is -1.77. The van der Waals surface area contributed by atoms with Gasteiger partial charge in [-0.05, 0) is 18.4 Å². The second-order valence-electron chi connectivity index (χ2n) is 6.28. The third-order valence-corrected chi connectivity index (χ3v) is 4.78. The second-order valence-corrected chi connectivity index (χ2v) is 6.28. The minimum absolute atomic E-state index is 0.0785. The van der Waals surface area contributed by atoms with Crippen molar-refractivity contribution in [2.45, 2.75) is 37.7 Å². The topological polar surface area (TPSA) is 47.8 Å². The molecule has 0 saturated heterocycles. The molecule has 0 amide bonds. The molecule has 2 heterocycles. The number of rotatable bonds is 3. The minimum Gasteiger partial charge on any atom is -0.290 e. The van der Waals surface area contributed by atoms with Gasteiger partial charge in [0.15, 0.2) is 12.0 Å². The van der Waals surface area contributed by atoms with Crippen molar-refractivity contribution in [3.05, 3.63) is 47.5 Å². The van der Waals surface area contributed by atoms with Crippen molar-refractivity contribution in [1.82, 2.24) is 14.8 Å². The van der Waals surface area contributed by atoms with E-state index in [0.717, 1.165) is 5.56 Å². The molecule has 0 N–H and O–H groups in total. The number of Topliss-reactive ketones (excluding diaryl/α,β-unsaturated/α-hetero) is 1. The Labute approximate surface area is 134 Å². The van der Waals surface area contributed by atoms with Crippen LogP contribution < -0.4 is 0 Å². The Morgan fingerprint density at radius 2 is 1.88 bits per heavy atom. The fourth-order valence-electron chi connectivity index (χ4n) is 3.21. The van der Waals surface area contributed by atoms with E-state index in [0.29, 0.717) is 0 Å². The first kappa shape index (κ1) is 15.3. The van der Waals surface area contributed by atoms with Crippen LogP contribution in [0.3, 0.4) is 0 Å². The maximum absolute atomic E-state index is 14.2. The van der Waals surface area contributed by atoms with Crippen LogP contribution in [0, 0.1) is 5.41 Å². The van der Waals surface area contributed by atoms with Crippen LogP contribution in [0.15, 0.2) is 30.3 Å². The number of aromatic nitrogens is 3. The number of alkyl halides is 4. The Balaban J connectivity index is 1.71. The third-order valence-electron chi connectivity index (χ3n) is 4.78. The molecule has 0 bridgehead atoms. The molecule has 1 aliphatic heterocycles. The van der Waals surface area contributed by atoms with E-state index in [9.17, 15) is 22.4 Å². The molecule has 0 spiro atoms. The first-order chi connectivity index (χ1) is 11.3. The van der Waals surface area contributed by atoms with Gasteiger partial charge < -0.3 is 0 Å². The summed E-state index contributed by atoms with van der Waals surface area (Å²) < 4.78 is 54.8. The first-order valence-corrected chi connectivity index (χ1v) is 7.60. The number of nitrogens with zero attached hydrogens (tertiary/aromatic N) is 3. The Morgan fingerprint density at radius 3 is 2.46 bits per heavy atom. The molecule has 126 valence electrons. The fraction of sp³-hybridized carbons (Fsp3) is 0.438. The molecule has 0 radical (unpaired) electrons. The highest BCUT2D eigenvalue weighted by Crippen LogP contribution is 2.59. The molecular formula is C16H13F4N3O. The number of carbonyl (C=O) groups excluding carboxylic acids is 1. The van der Waals surface area contributed by atoms with Crippen LogP contribution in [0.1, 0.15) is 53.5 Å². The number of ketones is 1. The molecule has 2 unspecified atom stereocenters. The molecule has 4 nitrogen and oxygen atoms in total. The molecule has 8 heteroatoms. The maximum Gasteiger partial charge on any atom is 0.401 e. The van der Waals surface area contributed by atoms with Gasteiger partial charge in [0, 0.05) is 6.42 Å². The van der Waals surface area contributed by atoms with Gasteiger partial charge in [0.25, 0.3) is 0 Å². The van der Waals surface area contributed by atoms with Crippen molar-refractivity contribution < 1.29 is 22.4 Å². The fourth-order valence-corrected chi connectivity index (χ4v) is 3.21. The van der Waals surface area contributed by atoms with Crippen LogP contribution in [0.2, 0.25) is 0 Å². The number of carbonyl (C=O) groups is 1. The summed E-state index contributed by atoms with van der Waals surface area (Å²) in [6, 6.07) is 8.48. The molecule has 1 aromatic heterocycles. The summed E-state index contributed by atoms with van der Waals surface area (Å²) >= 11 is 0. The van der Waals surface area contributed by atoms with Crippen LogP contribution in [0.4, 0.5) is 17.6 Å². The molecule has 1 aromatic carbocycles. The zero-order chi connectivity index (χ0) is 17.1. The average molecular weight is 339 g/mol. The quantitative estimate of drug-likeness (QED) is 0.631. The minimum atomic E-state index is -4.63. The highest BCUT2D eigenvalue weighted by Gasteiger charge is 2.69. The Kier molecular flexibility index (Phi) is 3.10. The van der Waals surface area contributed by atoms with Crippen molar-refractivity contribution in [3.63, 3.8) is 0 Å². The van der Waals surface area contributed by atoms with Gasteiger partial charge in [-0.25, -0.2) is 14.1 Å². The molecule has 24 heavy (non-hydrogen) atoms. The summed E-state index contributed by atoms with van der Waals surface area (Å²) in [7, 11) is 0. The van der Waals surface area contributed by atoms with Gasteiger partial charge in [-0.15, -0.1) is 5.10 Å². The highest BCUT2D eigenvalue weighted by molar-refractivity contribution is 6.00. The van der Waals surface area contributed by atoms with Crippen molar-refractivity contribution >= 4 is 5.78 Å². The Morgan fingerprint density at radius 1 is 1.21 bits per heavy atom. The summed E-state index contributed by atoms with van der Waals surface area (Å²) in [6.45, 7) is 0. The lowest BCUT2D eigenvalue weighted by molar-refractivity contribution is -0.171. The van der Waals surface area contributed by atoms with Crippen molar-refractivity contribution in [1.29, 1.82) is 0 Å². The highest BCUT2D eigenvalue weighted by atomic mass is 19.4. The van der Waals surface area contributed by atoms with Gasteiger partial charge in [0.2, 0.25) is 11.6 Å². The number of benzene rings is 1. The molecule has 1 fully saturated rings. The van der Waals surface area contributed by atoms with E-state index in [1.54, 1.807) is 24.3 Å². The number of hydrogen-bond donors (Lipinski definition) is 0. The van der Waals surface area contributed by atoms with Crippen molar-refractivity contribution in [3.8, 4) is 0 Å². The average Bonchev–Trinajstić information content (AvgIpc) is 3.17. The monoisotopic (exact) mass is 339 g/mol. The Hall–Kier alpha value is -2.25. The van der Waals surface area contributed by atoms with Gasteiger partial charge in [-0.2, -0.15) is 13.2 Å². The van der Waals surface area contributed by atoms with Gasteiger partial charge in [-0.3, -0.25) is 4.79 Å². The Bertz CT molecular complexity index is 795. The lowest BCUT2D eigenvalue weighted by atomic mass is 10.00. The van der Waals surface area contributed by atoms with Crippen molar-refractivity contribution in [2.24, 2.45) is 5.41 Å². The standard InChI is InChI=1S/C16H13F4N3O/c17-10-8-11(9-4-2-1-3-5-9)23-14(10)21-13(22-23)12(24)15(6-7-15)16(18,19)20/h1-5,10-11H,6-8H2. The van der Waals surface area contributed by atoms with Crippen LogP contribution >= 0.6 is 0 Å². The van der Waals surface area contributed by atoms with E-state index >= 15 is 0 Å². The second kappa shape index (κ2) is 4.87. The molecular weight excluding hydrogens is 326 g/mol.